The molecular formula is C26H47ClN2O4. The number of likely N-dealkylation sites (tertiary alicyclic amines) is 1. The third kappa shape index (κ3) is 7.98. The van der Waals surface area contributed by atoms with Gasteiger partial charge in [-0.25, -0.2) is 0 Å². The molecule has 3 aliphatic rings. The molecule has 192 valence electrons. The number of nitrogens with one attached hydrogen (secondary N) is 1. The molecule has 0 spiro atoms. The number of hydrogen-bond acceptors (Lipinski definition) is 4. The number of allylic oxidation sites excluding steroid dienone is 2. The van der Waals surface area contributed by atoms with Crippen molar-refractivity contribution in [1.82, 2.24) is 10.2 Å². The fourth-order valence-corrected chi connectivity index (χ4v) is 6.22. The number of alkyl halides is 1. The minimum atomic E-state index is -0.156. The van der Waals surface area contributed by atoms with Crippen molar-refractivity contribution in [3.63, 3.8) is 0 Å². The standard InChI is InChI=1S/C26H43ClN2O2.2H2O/c1-18(2)24(28-22-12-8-20(9-13-22)25(30)31-5)16-29-15-14-23(26(3,4)17-29)19-6-10-21(27)11-7-19;;/h8,12-13,18-21,23-24,28H,6-7,9-11,14-17H2,1-5H3;2*1H2/t19?,20?,21?,23-,24+;;/m1../s1. The van der Waals surface area contributed by atoms with Crippen molar-refractivity contribution in [2.75, 3.05) is 26.7 Å². The first kappa shape index (κ1) is 30.0. The van der Waals surface area contributed by atoms with Crippen LogP contribution in [-0.4, -0.2) is 60.0 Å². The predicted molar refractivity (Wildman–Crippen MR) is 136 cm³/mol. The van der Waals surface area contributed by atoms with Crippen molar-refractivity contribution in [2.45, 2.75) is 77.6 Å². The number of halogens is 1. The van der Waals surface area contributed by atoms with Gasteiger partial charge in [-0.05, 0) is 74.3 Å². The first-order valence-electron chi connectivity index (χ1n) is 12.3. The molecule has 2 fully saturated rings. The van der Waals surface area contributed by atoms with E-state index in [0.29, 0.717) is 29.2 Å². The summed E-state index contributed by atoms with van der Waals surface area (Å²) in [5.74, 6) is 1.90. The average Bonchev–Trinajstić information content (AvgIpc) is 2.73. The van der Waals surface area contributed by atoms with Crippen LogP contribution in [0.1, 0.15) is 66.2 Å². The lowest BCUT2D eigenvalue weighted by Gasteiger charge is -2.49. The maximum Gasteiger partial charge on any atom is 0.312 e. The van der Waals surface area contributed by atoms with Gasteiger partial charge in [-0.15, -0.1) is 11.6 Å². The summed E-state index contributed by atoms with van der Waals surface area (Å²) in [5, 5.41) is 4.16. The first-order chi connectivity index (χ1) is 14.7. The molecule has 1 saturated carbocycles. The number of ether oxygens (including phenoxy) is 1. The van der Waals surface area contributed by atoms with Gasteiger partial charge in [0, 0.05) is 30.2 Å². The van der Waals surface area contributed by atoms with E-state index in [4.69, 9.17) is 16.3 Å². The molecule has 0 aromatic rings. The van der Waals surface area contributed by atoms with E-state index in [1.807, 2.05) is 12.2 Å². The molecule has 0 radical (unpaired) electrons. The second-order valence-corrected chi connectivity index (χ2v) is 11.6. The van der Waals surface area contributed by atoms with Crippen molar-refractivity contribution in [2.24, 2.45) is 29.1 Å². The first-order valence-corrected chi connectivity index (χ1v) is 12.7. The Morgan fingerprint density at radius 1 is 1.21 bits per heavy atom. The smallest absolute Gasteiger partial charge is 0.312 e. The zero-order valence-corrected chi connectivity index (χ0v) is 22.0. The van der Waals surface area contributed by atoms with Crippen molar-refractivity contribution in [3.05, 3.63) is 23.9 Å². The Hall–Kier alpha value is -1.08. The Kier molecular flexibility index (Phi) is 11.9. The molecule has 33 heavy (non-hydrogen) atoms. The summed E-state index contributed by atoms with van der Waals surface area (Å²) in [5.41, 5.74) is 1.48. The zero-order chi connectivity index (χ0) is 22.6. The average molecular weight is 487 g/mol. The van der Waals surface area contributed by atoms with Gasteiger partial charge in [-0.1, -0.05) is 39.8 Å². The monoisotopic (exact) mass is 486 g/mol. The summed E-state index contributed by atoms with van der Waals surface area (Å²) in [7, 11) is 1.45. The maximum absolute atomic E-state index is 11.7. The van der Waals surface area contributed by atoms with Gasteiger partial charge in [-0.2, -0.15) is 0 Å². The van der Waals surface area contributed by atoms with Crippen LogP contribution in [0, 0.1) is 29.1 Å². The van der Waals surface area contributed by atoms with Crippen LogP contribution in [0.2, 0.25) is 0 Å². The predicted octanol–water partition coefficient (Wildman–Crippen LogP) is 3.73. The summed E-state index contributed by atoms with van der Waals surface area (Å²) in [6.45, 7) is 13.0. The van der Waals surface area contributed by atoms with Crippen LogP contribution in [0.3, 0.4) is 0 Å². The van der Waals surface area contributed by atoms with E-state index in [-0.39, 0.29) is 22.8 Å². The number of piperidine rings is 1. The van der Waals surface area contributed by atoms with Crippen LogP contribution in [0.15, 0.2) is 23.9 Å². The molecule has 0 bridgehead atoms. The van der Waals surface area contributed by atoms with Gasteiger partial charge in [0.2, 0.25) is 0 Å². The Morgan fingerprint density at radius 2 is 1.88 bits per heavy atom. The molecule has 2 aliphatic carbocycles. The van der Waals surface area contributed by atoms with E-state index in [0.717, 1.165) is 24.1 Å². The Morgan fingerprint density at radius 3 is 2.39 bits per heavy atom. The SMILES string of the molecule is COC(=O)C1C=CC(N[C@@H](CN2CC[C@H](C3CCC(Cl)CC3)C(C)(C)C2)C(C)C)=CC1.O.O. The zero-order valence-electron chi connectivity index (χ0n) is 21.2. The highest BCUT2D eigenvalue weighted by atomic mass is 35.5. The molecule has 0 aromatic carbocycles. The molecule has 7 heteroatoms. The number of methoxy groups -OCH3 is 1. The van der Waals surface area contributed by atoms with E-state index < -0.39 is 0 Å². The fourth-order valence-electron chi connectivity index (χ4n) is 5.96. The molecule has 3 rings (SSSR count). The fraction of sp³-hybridized carbons (Fsp3) is 0.808. The van der Waals surface area contributed by atoms with Gasteiger partial charge >= 0.3 is 5.97 Å². The summed E-state index contributed by atoms with van der Waals surface area (Å²) in [6, 6.07) is 0.393. The van der Waals surface area contributed by atoms with Crippen molar-refractivity contribution in [3.8, 4) is 0 Å². The van der Waals surface area contributed by atoms with Crippen LogP contribution < -0.4 is 5.32 Å². The number of esters is 1. The van der Waals surface area contributed by atoms with Crippen LogP contribution in [0.4, 0.5) is 0 Å². The molecule has 3 atom stereocenters. The van der Waals surface area contributed by atoms with Crippen molar-refractivity contribution in [1.29, 1.82) is 0 Å². The molecule has 0 amide bonds. The van der Waals surface area contributed by atoms with Gasteiger partial charge in [0.05, 0.1) is 13.0 Å². The van der Waals surface area contributed by atoms with Gasteiger partial charge in [-0.3, -0.25) is 4.79 Å². The molecule has 5 N–H and O–H groups in total. The quantitative estimate of drug-likeness (QED) is 0.437. The molecule has 1 saturated heterocycles. The van der Waals surface area contributed by atoms with Gasteiger partial charge in [0.25, 0.3) is 0 Å². The number of hydrogen-bond donors (Lipinski definition) is 1. The van der Waals surface area contributed by atoms with Crippen LogP contribution in [0.25, 0.3) is 0 Å². The molecule has 1 unspecified atom stereocenters. The van der Waals surface area contributed by atoms with E-state index in [1.54, 1.807) is 0 Å². The summed E-state index contributed by atoms with van der Waals surface area (Å²) < 4.78 is 4.87. The topological polar surface area (TPSA) is 105 Å². The third-order valence-corrected chi connectivity index (χ3v) is 8.31. The largest absolute Gasteiger partial charge is 0.469 e. The number of rotatable bonds is 7. The summed E-state index contributed by atoms with van der Waals surface area (Å²) >= 11 is 6.37. The van der Waals surface area contributed by atoms with Gasteiger partial charge in [0.1, 0.15) is 0 Å². The maximum atomic E-state index is 11.7. The highest BCUT2D eigenvalue weighted by Gasteiger charge is 2.41. The van der Waals surface area contributed by atoms with E-state index in [2.05, 4.69) is 44.0 Å². The Labute approximate surface area is 205 Å². The molecular weight excluding hydrogens is 440 g/mol. The molecule has 1 aliphatic heterocycles. The lowest BCUT2D eigenvalue weighted by atomic mass is 9.64. The second-order valence-electron chi connectivity index (χ2n) is 11.0. The minimum Gasteiger partial charge on any atom is -0.469 e. The minimum absolute atomic E-state index is 0. The van der Waals surface area contributed by atoms with Gasteiger partial charge in [0.15, 0.2) is 0 Å². The van der Waals surface area contributed by atoms with E-state index >= 15 is 0 Å². The lowest BCUT2D eigenvalue weighted by Crippen LogP contribution is -2.53. The number of carbonyl (C=O) groups is 1. The van der Waals surface area contributed by atoms with Crippen molar-refractivity contribution >= 4 is 17.6 Å². The highest BCUT2D eigenvalue weighted by Crippen LogP contribution is 2.45. The van der Waals surface area contributed by atoms with E-state index in [9.17, 15) is 4.79 Å². The van der Waals surface area contributed by atoms with E-state index in [1.165, 1.54) is 52.3 Å². The second kappa shape index (κ2) is 13.1. The molecule has 0 aromatic heterocycles. The summed E-state index contributed by atoms with van der Waals surface area (Å²) in [6.07, 6.45) is 13.2. The van der Waals surface area contributed by atoms with Crippen LogP contribution >= 0.6 is 11.6 Å². The number of nitrogens with zero attached hydrogens (tertiary/aromatic N) is 1. The Bertz CT molecular complexity index is 671. The normalized spacial score (nSPS) is 30.5. The van der Waals surface area contributed by atoms with Crippen molar-refractivity contribution < 1.29 is 20.5 Å². The summed E-state index contributed by atoms with van der Waals surface area (Å²) in [4.78, 5) is 14.4. The van der Waals surface area contributed by atoms with Gasteiger partial charge < -0.3 is 25.9 Å². The number of carbonyl (C=O) groups excluding carboxylic acids is 1. The van der Waals surface area contributed by atoms with Crippen LogP contribution in [-0.2, 0) is 9.53 Å². The molecule has 1 heterocycles. The van der Waals surface area contributed by atoms with Crippen LogP contribution in [0.5, 0.6) is 0 Å². The Balaban J connectivity index is 0.00000272. The third-order valence-electron chi connectivity index (χ3n) is 7.88. The molecule has 6 nitrogen and oxygen atoms in total. The highest BCUT2D eigenvalue weighted by molar-refractivity contribution is 6.20. The lowest BCUT2D eigenvalue weighted by molar-refractivity contribution is -0.143.